The number of methoxy groups -OCH3 is 1. The quantitative estimate of drug-likeness (QED) is 0.815. The van der Waals surface area contributed by atoms with Crippen molar-refractivity contribution in [3.05, 3.63) is 29.8 Å². The number of benzene rings is 1. The van der Waals surface area contributed by atoms with Crippen LogP contribution in [-0.4, -0.2) is 25.0 Å². The van der Waals surface area contributed by atoms with Crippen molar-refractivity contribution >= 4 is 5.91 Å². The van der Waals surface area contributed by atoms with E-state index in [1.807, 2.05) is 18.2 Å². The van der Waals surface area contributed by atoms with E-state index in [1.54, 1.807) is 20.2 Å². The minimum absolute atomic E-state index is 0.0596. The van der Waals surface area contributed by atoms with Crippen LogP contribution in [0.2, 0.25) is 0 Å². The van der Waals surface area contributed by atoms with Gasteiger partial charge in [-0.25, -0.2) is 0 Å². The standard InChI is InChI=1S/C14H16N2O2/c1-16(14(17)10-6-7-10)13(9-15)11-4-3-5-12(8-11)18-2/h3-5,8,10,13H,6-7H2,1-2H3. The monoisotopic (exact) mass is 244 g/mol. The van der Waals surface area contributed by atoms with Gasteiger partial charge in [0, 0.05) is 13.0 Å². The van der Waals surface area contributed by atoms with Crippen molar-refractivity contribution in [1.82, 2.24) is 4.90 Å². The molecule has 1 atom stereocenters. The summed E-state index contributed by atoms with van der Waals surface area (Å²) < 4.78 is 5.14. The second-order valence-electron chi connectivity index (χ2n) is 4.53. The largest absolute Gasteiger partial charge is 0.497 e. The maximum atomic E-state index is 12.0. The first kappa shape index (κ1) is 12.4. The summed E-state index contributed by atoms with van der Waals surface area (Å²) in [6, 6.07) is 8.92. The smallest absolute Gasteiger partial charge is 0.226 e. The van der Waals surface area contributed by atoms with E-state index in [1.165, 1.54) is 4.90 Å². The third kappa shape index (κ3) is 2.45. The lowest BCUT2D eigenvalue weighted by molar-refractivity contribution is -0.132. The third-order valence-corrected chi connectivity index (χ3v) is 3.19. The van der Waals surface area contributed by atoms with Crippen LogP contribution in [-0.2, 0) is 4.79 Å². The Morgan fingerprint density at radius 3 is 2.83 bits per heavy atom. The SMILES string of the molecule is COc1cccc(C(C#N)N(C)C(=O)C2CC2)c1. The average Bonchev–Trinajstić information content (AvgIpc) is 3.23. The maximum absolute atomic E-state index is 12.0. The van der Waals surface area contributed by atoms with Gasteiger partial charge in [-0.3, -0.25) is 4.79 Å². The zero-order valence-electron chi connectivity index (χ0n) is 10.6. The highest BCUT2D eigenvalue weighted by molar-refractivity contribution is 5.81. The Labute approximate surface area is 107 Å². The van der Waals surface area contributed by atoms with Crippen molar-refractivity contribution < 1.29 is 9.53 Å². The lowest BCUT2D eigenvalue weighted by Gasteiger charge is -2.23. The van der Waals surface area contributed by atoms with Crippen molar-refractivity contribution in [2.45, 2.75) is 18.9 Å². The molecule has 0 aliphatic heterocycles. The summed E-state index contributed by atoms with van der Waals surface area (Å²) in [6.07, 6.45) is 1.89. The molecule has 94 valence electrons. The first-order valence-electron chi connectivity index (χ1n) is 5.97. The van der Waals surface area contributed by atoms with Crippen molar-refractivity contribution in [3.63, 3.8) is 0 Å². The van der Waals surface area contributed by atoms with Crippen LogP contribution in [0.3, 0.4) is 0 Å². The van der Waals surface area contributed by atoms with Crippen molar-refractivity contribution in [2.75, 3.05) is 14.2 Å². The van der Waals surface area contributed by atoms with E-state index in [-0.39, 0.29) is 11.8 Å². The maximum Gasteiger partial charge on any atom is 0.226 e. The van der Waals surface area contributed by atoms with Gasteiger partial charge in [0.15, 0.2) is 0 Å². The van der Waals surface area contributed by atoms with E-state index in [9.17, 15) is 10.1 Å². The molecule has 1 saturated carbocycles. The summed E-state index contributed by atoms with van der Waals surface area (Å²) in [5.74, 6) is 0.876. The molecule has 1 aromatic carbocycles. The number of carbonyl (C=O) groups is 1. The minimum atomic E-state index is -0.548. The Bertz CT molecular complexity index is 489. The molecule has 0 radical (unpaired) electrons. The van der Waals surface area contributed by atoms with E-state index in [0.717, 1.165) is 18.4 Å². The fraction of sp³-hybridized carbons (Fsp3) is 0.429. The molecule has 1 aliphatic rings. The van der Waals surface area contributed by atoms with Crippen molar-refractivity contribution in [3.8, 4) is 11.8 Å². The van der Waals surface area contributed by atoms with Gasteiger partial charge in [-0.1, -0.05) is 12.1 Å². The Hall–Kier alpha value is -2.02. The van der Waals surface area contributed by atoms with E-state index in [2.05, 4.69) is 6.07 Å². The lowest BCUT2D eigenvalue weighted by Crippen LogP contribution is -2.31. The number of nitriles is 1. The highest BCUT2D eigenvalue weighted by atomic mass is 16.5. The summed E-state index contributed by atoms with van der Waals surface area (Å²) in [7, 11) is 3.27. The van der Waals surface area contributed by atoms with Crippen LogP contribution < -0.4 is 4.74 Å². The van der Waals surface area contributed by atoms with Gasteiger partial charge in [0.25, 0.3) is 0 Å². The molecular weight excluding hydrogens is 228 g/mol. The highest BCUT2D eigenvalue weighted by Gasteiger charge is 2.35. The molecule has 0 N–H and O–H groups in total. The molecule has 0 aromatic heterocycles. The van der Waals surface area contributed by atoms with Gasteiger partial charge in [-0.05, 0) is 30.5 Å². The van der Waals surface area contributed by atoms with Gasteiger partial charge >= 0.3 is 0 Å². The van der Waals surface area contributed by atoms with Crippen LogP contribution in [0.5, 0.6) is 5.75 Å². The molecule has 18 heavy (non-hydrogen) atoms. The van der Waals surface area contributed by atoms with Crippen molar-refractivity contribution in [2.24, 2.45) is 5.92 Å². The van der Waals surface area contributed by atoms with E-state index in [0.29, 0.717) is 5.75 Å². The van der Waals surface area contributed by atoms with Crippen LogP contribution >= 0.6 is 0 Å². The van der Waals surface area contributed by atoms with E-state index < -0.39 is 6.04 Å². The van der Waals surface area contributed by atoms with E-state index >= 15 is 0 Å². The average molecular weight is 244 g/mol. The molecule has 0 heterocycles. The van der Waals surface area contributed by atoms with Crippen LogP contribution in [0, 0.1) is 17.2 Å². The fourth-order valence-corrected chi connectivity index (χ4v) is 1.94. The number of carbonyl (C=O) groups excluding carboxylic acids is 1. The molecule has 1 aliphatic carbocycles. The van der Waals surface area contributed by atoms with Crippen LogP contribution in [0.4, 0.5) is 0 Å². The molecule has 1 unspecified atom stereocenters. The first-order valence-corrected chi connectivity index (χ1v) is 5.97. The Kier molecular flexibility index (Phi) is 3.52. The molecule has 1 aromatic rings. The lowest BCUT2D eigenvalue weighted by atomic mass is 10.1. The van der Waals surface area contributed by atoms with E-state index in [4.69, 9.17) is 4.74 Å². The normalized spacial score (nSPS) is 15.6. The van der Waals surface area contributed by atoms with Crippen LogP contribution in [0.15, 0.2) is 24.3 Å². The molecule has 4 heteroatoms. The first-order chi connectivity index (χ1) is 8.67. The Balaban J connectivity index is 2.21. The zero-order chi connectivity index (χ0) is 13.1. The van der Waals surface area contributed by atoms with Gasteiger partial charge < -0.3 is 9.64 Å². The molecule has 0 bridgehead atoms. The number of hydrogen-bond acceptors (Lipinski definition) is 3. The Morgan fingerprint density at radius 2 is 2.28 bits per heavy atom. The van der Waals surface area contributed by atoms with Crippen molar-refractivity contribution in [1.29, 1.82) is 5.26 Å². The molecule has 1 fully saturated rings. The molecule has 4 nitrogen and oxygen atoms in total. The molecule has 0 saturated heterocycles. The molecule has 2 rings (SSSR count). The third-order valence-electron chi connectivity index (χ3n) is 3.19. The second-order valence-corrected chi connectivity index (χ2v) is 4.53. The van der Waals surface area contributed by atoms with Gasteiger partial charge in [0.05, 0.1) is 13.2 Å². The highest BCUT2D eigenvalue weighted by Crippen LogP contribution is 2.33. The summed E-state index contributed by atoms with van der Waals surface area (Å²) in [5.41, 5.74) is 0.786. The van der Waals surface area contributed by atoms with Crippen LogP contribution in [0.25, 0.3) is 0 Å². The number of ether oxygens (including phenoxy) is 1. The summed E-state index contributed by atoms with van der Waals surface area (Å²) >= 11 is 0. The Morgan fingerprint density at radius 1 is 1.56 bits per heavy atom. The molecule has 0 spiro atoms. The topological polar surface area (TPSA) is 53.3 Å². The van der Waals surface area contributed by atoms with Gasteiger partial charge in [0.1, 0.15) is 11.8 Å². The second kappa shape index (κ2) is 5.09. The predicted octanol–water partition coefficient (Wildman–Crippen LogP) is 2.13. The summed E-state index contributed by atoms with van der Waals surface area (Å²) in [4.78, 5) is 13.5. The van der Waals surface area contributed by atoms with Gasteiger partial charge in [0.2, 0.25) is 5.91 Å². The summed E-state index contributed by atoms with van der Waals surface area (Å²) in [6.45, 7) is 0. The van der Waals surface area contributed by atoms with Crippen LogP contribution in [0.1, 0.15) is 24.4 Å². The molecular formula is C14H16N2O2. The minimum Gasteiger partial charge on any atom is -0.497 e. The van der Waals surface area contributed by atoms with Gasteiger partial charge in [-0.15, -0.1) is 0 Å². The van der Waals surface area contributed by atoms with Gasteiger partial charge in [-0.2, -0.15) is 5.26 Å². The number of hydrogen-bond donors (Lipinski definition) is 0. The summed E-state index contributed by atoms with van der Waals surface area (Å²) in [5, 5.41) is 9.28. The predicted molar refractivity (Wildman–Crippen MR) is 66.8 cm³/mol. The number of nitrogens with zero attached hydrogens (tertiary/aromatic N) is 2. The zero-order valence-corrected chi connectivity index (χ0v) is 10.6. The number of rotatable bonds is 4. The fourth-order valence-electron chi connectivity index (χ4n) is 1.94. The number of amides is 1. The molecule has 1 amide bonds.